The Kier molecular flexibility index (Phi) is 0.810. The van der Waals surface area contributed by atoms with Crippen LogP contribution in [0.2, 0.25) is 0 Å². The number of likely N-dealkylation sites (N-methyl/N-ethyl adjacent to an activating group) is 2. The highest BCUT2D eigenvalue weighted by molar-refractivity contribution is 4.83. The van der Waals surface area contributed by atoms with Crippen molar-refractivity contribution in [2.45, 2.75) is 12.5 Å². The maximum Gasteiger partial charge on any atom is 0.299 e. The zero-order valence-corrected chi connectivity index (χ0v) is 5.84. The minimum atomic E-state index is -0.594. The number of hydrogen-bond donors (Lipinski definition) is 0. The molecule has 0 radical (unpaired) electrons. The first-order valence-corrected chi connectivity index (χ1v) is 3.35. The summed E-state index contributed by atoms with van der Waals surface area (Å²) in [5.74, 6) is 0. The Labute approximate surface area is 54.4 Å². The van der Waals surface area contributed by atoms with Crippen molar-refractivity contribution in [3.63, 3.8) is 0 Å². The standard InChI is InChI=1S/C6H12FN2/c1-8-3-4-9(2)5(7)6(8)9/h5-6H,3-4H2,1-2H3/q+1. The number of quaternary nitrogens is 1. The summed E-state index contributed by atoms with van der Waals surface area (Å²) in [6, 6.07) is 0. The summed E-state index contributed by atoms with van der Waals surface area (Å²) in [7, 11) is 3.98. The van der Waals surface area contributed by atoms with Crippen molar-refractivity contribution < 1.29 is 8.87 Å². The van der Waals surface area contributed by atoms with Crippen molar-refractivity contribution >= 4 is 0 Å². The largest absolute Gasteiger partial charge is 0.299 e. The van der Waals surface area contributed by atoms with Crippen molar-refractivity contribution in [2.24, 2.45) is 0 Å². The third-order valence-electron chi connectivity index (χ3n) is 2.71. The van der Waals surface area contributed by atoms with E-state index >= 15 is 0 Å². The monoisotopic (exact) mass is 131 g/mol. The van der Waals surface area contributed by atoms with Gasteiger partial charge in [-0.3, -0.25) is 4.48 Å². The minimum absolute atomic E-state index is 0.199. The lowest BCUT2D eigenvalue weighted by molar-refractivity contribution is -0.805. The van der Waals surface area contributed by atoms with E-state index in [1.807, 2.05) is 14.1 Å². The van der Waals surface area contributed by atoms with E-state index in [9.17, 15) is 4.39 Å². The Morgan fingerprint density at radius 3 is 2.56 bits per heavy atom. The number of nitrogens with zero attached hydrogens (tertiary/aromatic N) is 2. The van der Waals surface area contributed by atoms with E-state index in [4.69, 9.17) is 0 Å². The molecule has 52 valence electrons. The van der Waals surface area contributed by atoms with E-state index in [-0.39, 0.29) is 6.17 Å². The van der Waals surface area contributed by atoms with E-state index in [1.54, 1.807) is 0 Å². The molecule has 0 saturated carbocycles. The van der Waals surface area contributed by atoms with E-state index in [1.165, 1.54) is 0 Å². The molecule has 0 aromatic heterocycles. The molecule has 0 aromatic carbocycles. The van der Waals surface area contributed by atoms with Crippen LogP contribution in [-0.2, 0) is 0 Å². The maximum atomic E-state index is 12.8. The average Bonchev–Trinajstić information content (AvgIpc) is 2.13. The van der Waals surface area contributed by atoms with Gasteiger partial charge in [0.2, 0.25) is 6.17 Å². The number of fused-ring (bicyclic) bond motifs is 1. The fraction of sp³-hybridized carbons (Fsp3) is 1.00. The van der Waals surface area contributed by atoms with Gasteiger partial charge < -0.3 is 0 Å². The van der Waals surface area contributed by atoms with Gasteiger partial charge in [0, 0.05) is 0 Å². The second-order valence-corrected chi connectivity index (χ2v) is 3.34. The molecule has 3 heteroatoms. The highest BCUT2D eigenvalue weighted by atomic mass is 19.1. The Bertz CT molecular complexity index is 146. The summed E-state index contributed by atoms with van der Waals surface area (Å²) < 4.78 is 13.4. The zero-order chi connectivity index (χ0) is 6.65. The van der Waals surface area contributed by atoms with Crippen molar-refractivity contribution in [1.29, 1.82) is 0 Å². The van der Waals surface area contributed by atoms with Crippen LogP contribution in [0.5, 0.6) is 0 Å². The Hall–Kier alpha value is -0.150. The number of halogens is 1. The Balaban J connectivity index is 2.18. The number of alkyl halides is 1. The molecule has 0 N–H and O–H groups in total. The molecule has 0 amide bonds. The van der Waals surface area contributed by atoms with E-state index in [0.29, 0.717) is 4.48 Å². The molecule has 2 saturated heterocycles. The third-order valence-corrected chi connectivity index (χ3v) is 2.71. The summed E-state index contributed by atoms with van der Waals surface area (Å²) in [5, 5.41) is 0. The lowest BCUT2D eigenvalue weighted by Crippen LogP contribution is -2.23. The van der Waals surface area contributed by atoms with Gasteiger partial charge in [-0.15, -0.1) is 0 Å². The van der Waals surface area contributed by atoms with Gasteiger partial charge in [0.05, 0.1) is 20.1 Å². The van der Waals surface area contributed by atoms with Crippen LogP contribution in [0.4, 0.5) is 4.39 Å². The molecule has 2 heterocycles. The van der Waals surface area contributed by atoms with Gasteiger partial charge >= 0.3 is 0 Å². The number of hydrogen-bond acceptors (Lipinski definition) is 1. The van der Waals surface area contributed by atoms with Crippen molar-refractivity contribution in [2.75, 3.05) is 27.2 Å². The second kappa shape index (κ2) is 1.30. The molecular weight excluding hydrogens is 119 g/mol. The van der Waals surface area contributed by atoms with Crippen LogP contribution in [-0.4, -0.2) is 49.0 Å². The van der Waals surface area contributed by atoms with Crippen molar-refractivity contribution in [3.8, 4) is 0 Å². The molecule has 0 aliphatic carbocycles. The summed E-state index contributed by atoms with van der Waals surface area (Å²) in [4.78, 5) is 2.10. The minimum Gasteiger partial charge on any atom is -0.267 e. The van der Waals surface area contributed by atoms with Crippen LogP contribution < -0.4 is 0 Å². The Morgan fingerprint density at radius 1 is 1.67 bits per heavy atom. The lowest BCUT2D eigenvalue weighted by atomic mass is 10.5. The third kappa shape index (κ3) is 0.472. The molecule has 0 spiro atoms. The van der Waals surface area contributed by atoms with E-state index < -0.39 is 6.30 Å². The smallest absolute Gasteiger partial charge is 0.267 e. The van der Waals surface area contributed by atoms with E-state index in [2.05, 4.69) is 4.90 Å². The van der Waals surface area contributed by atoms with Crippen LogP contribution in [0, 0.1) is 0 Å². The van der Waals surface area contributed by atoms with Gasteiger partial charge in [-0.1, -0.05) is 0 Å². The van der Waals surface area contributed by atoms with Gasteiger partial charge in [0.15, 0.2) is 0 Å². The topological polar surface area (TPSA) is 3.24 Å². The van der Waals surface area contributed by atoms with Crippen LogP contribution in [0.1, 0.15) is 0 Å². The fourth-order valence-corrected chi connectivity index (χ4v) is 1.84. The van der Waals surface area contributed by atoms with Gasteiger partial charge in [-0.05, 0) is 7.05 Å². The van der Waals surface area contributed by atoms with Crippen molar-refractivity contribution in [3.05, 3.63) is 0 Å². The second-order valence-electron chi connectivity index (χ2n) is 3.34. The first kappa shape index (κ1) is 5.62. The molecule has 2 aliphatic rings. The fourth-order valence-electron chi connectivity index (χ4n) is 1.84. The quantitative estimate of drug-likeness (QED) is 0.254. The SMILES string of the molecule is CN1CC[N+]2(C)C(F)C12. The van der Waals surface area contributed by atoms with Gasteiger partial charge in [0.25, 0.3) is 6.30 Å². The first-order valence-electron chi connectivity index (χ1n) is 3.35. The molecule has 0 aromatic rings. The van der Waals surface area contributed by atoms with Gasteiger partial charge in [-0.2, -0.15) is 4.39 Å². The molecule has 2 aliphatic heterocycles. The van der Waals surface area contributed by atoms with E-state index in [0.717, 1.165) is 13.1 Å². The van der Waals surface area contributed by atoms with Crippen LogP contribution in [0.25, 0.3) is 0 Å². The molecule has 0 bridgehead atoms. The van der Waals surface area contributed by atoms with Crippen LogP contribution >= 0.6 is 0 Å². The van der Waals surface area contributed by atoms with Crippen LogP contribution in [0.15, 0.2) is 0 Å². The number of rotatable bonds is 0. The molecular formula is C6H12FN2+. The molecule has 2 rings (SSSR count). The summed E-state index contributed by atoms with van der Waals surface area (Å²) in [6.07, 6.45) is -0.395. The van der Waals surface area contributed by atoms with Gasteiger partial charge in [0.1, 0.15) is 0 Å². The summed E-state index contributed by atoms with van der Waals surface area (Å²) >= 11 is 0. The number of piperazine rings is 1. The molecule has 3 unspecified atom stereocenters. The van der Waals surface area contributed by atoms with Crippen molar-refractivity contribution in [1.82, 2.24) is 4.90 Å². The lowest BCUT2D eigenvalue weighted by Gasteiger charge is -2.03. The normalized spacial score (nSPS) is 57.7. The maximum absolute atomic E-state index is 12.8. The zero-order valence-electron chi connectivity index (χ0n) is 5.84. The molecule has 2 nitrogen and oxygen atoms in total. The van der Waals surface area contributed by atoms with Gasteiger partial charge in [-0.25, -0.2) is 4.90 Å². The first-order chi connectivity index (χ1) is 4.16. The highest BCUT2D eigenvalue weighted by Gasteiger charge is 2.70. The molecule has 3 atom stereocenters. The average molecular weight is 131 g/mol. The molecule has 9 heavy (non-hydrogen) atoms. The van der Waals surface area contributed by atoms with Crippen LogP contribution in [0.3, 0.4) is 0 Å². The summed E-state index contributed by atoms with van der Waals surface area (Å²) in [5.41, 5.74) is 0. The predicted molar refractivity (Wildman–Crippen MR) is 32.4 cm³/mol. The predicted octanol–water partition coefficient (Wildman–Crippen LogP) is 0.0137. The Morgan fingerprint density at radius 2 is 2.33 bits per heavy atom. The molecule has 2 fully saturated rings. The highest BCUT2D eigenvalue weighted by Crippen LogP contribution is 2.44. The summed E-state index contributed by atoms with van der Waals surface area (Å²) in [6.45, 7) is 2.05.